The normalized spacial score (nSPS) is 27.5. The summed E-state index contributed by atoms with van der Waals surface area (Å²) in [4.78, 5) is 0. The van der Waals surface area contributed by atoms with E-state index in [2.05, 4.69) is 17.0 Å². The van der Waals surface area contributed by atoms with E-state index in [4.69, 9.17) is 10.4 Å². The van der Waals surface area contributed by atoms with Crippen LogP contribution in [0.5, 0.6) is 0 Å². The second kappa shape index (κ2) is 4.36. The number of halogens is 1. The minimum atomic E-state index is -0.0538. The molecule has 0 aromatic heterocycles. The van der Waals surface area contributed by atoms with E-state index in [-0.39, 0.29) is 31.3 Å². The van der Waals surface area contributed by atoms with Gasteiger partial charge in [-0.15, -0.1) is 0 Å². The van der Waals surface area contributed by atoms with Crippen LogP contribution in [0.15, 0.2) is 11.6 Å². The molecule has 0 amide bonds. The molecule has 1 aliphatic heterocycles. The third-order valence-corrected chi connectivity index (χ3v) is 4.48. The van der Waals surface area contributed by atoms with Crippen LogP contribution in [0, 0.1) is 0 Å². The topological polar surface area (TPSA) is 64.5 Å². The minimum absolute atomic E-state index is 0.00844. The summed E-state index contributed by atoms with van der Waals surface area (Å²) in [6.07, 6.45) is 2.08. The quantitative estimate of drug-likeness (QED) is 0.143. The molecule has 0 aromatic rings. The van der Waals surface area contributed by atoms with Crippen LogP contribution in [-0.4, -0.2) is 24.9 Å². The van der Waals surface area contributed by atoms with Crippen molar-refractivity contribution in [3.8, 4) is 0 Å². The first-order chi connectivity index (χ1) is 5.29. The van der Waals surface area contributed by atoms with Crippen molar-refractivity contribution in [3.05, 3.63) is 11.6 Å². The molecule has 4 N–H and O–H groups in total. The fourth-order valence-corrected chi connectivity index (χ4v) is 3.77. The first-order valence-corrected chi connectivity index (χ1v) is 6.13. The maximum atomic E-state index is 8.71. The molecular formula is C6H12IN2O2-. The third-order valence-electron chi connectivity index (χ3n) is 1.66. The summed E-state index contributed by atoms with van der Waals surface area (Å²) < 4.78 is 1.18. The van der Waals surface area contributed by atoms with Gasteiger partial charge in [0.15, 0.2) is 0 Å². The number of hydroxylamine groups is 2. The van der Waals surface area contributed by atoms with Crippen LogP contribution < -0.4 is 32.2 Å². The molecule has 1 aliphatic rings. The fraction of sp³-hybridized carbons (Fsp3) is 0.667. The van der Waals surface area contributed by atoms with Crippen LogP contribution in [0.1, 0.15) is 6.92 Å². The number of alkyl halides is 2. The predicted molar refractivity (Wildman–Crippen MR) is 36.0 cm³/mol. The van der Waals surface area contributed by atoms with E-state index in [0.29, 0.717) is 0 Å². The van der Waals surface area contributed by atoms with E-state index < -0.39 is 0 Å². The molecule has 0 fully saturated rings. The molecule has 0 saturated heterocycles. The summed E-state index contributed by atoms with van der Waals surface area (Å²) in [5, 5.41) is 17.3. The van der Waals surface area contributed by atoms with Crippen LogP contribution in [0.2, 0.25) is 0 Å². The zero-order valence-electron chi connectivity index (χ0n) is 6.21. The first kappa shape index (κ1) is 9.40. The zero-order chi connectivity index (χ0) is 8.27. The second-order valence-corrected chi connectivity index (χ2v) is 5.36. The van der Waals surface area contributed by atoms with Crippen molar-refractivity contribution in [1.29, 1.82) is 0 Å². The third kappa shape index (κ3) is 2.12. The van der Waals surface area contributed by atoms with Gasteiger partial charge in [0.25, 0.3) is 0 Å². The number of hydrogen-bond donors (Lipinski definition) is 4. The monoisotopic (exact) mass is 271 g/mol. The molecule has 0 aromatic carbocycles. The van der Waals surface area contributed by atoms with E-state index >= 15 is 0 Å². The van der Waals surface area contributed by atoms with Crippen molar-refractivity contribution >= 4 is 0 Å². The second-order valence-electron chi connectivity index (χ2n) is 2.36. The average molecular weight is 271 g/mol. The van der Waals surface area contributed by atoms with Crippen molar-refractivity contribution in [2.45, 2.75) is 17.0 Å². The van der Waals surface area contributed by atoms with Gasteiger partial charge in [-0.05, 0) is 0 Å². The van der Waals surface area contributed by atoms with Gasteiger partial charge in [-0.25, -0.2) is 0 Å². The predicted octanol–water partition coefficient (Wildman–Crippen LogP) is -3.31. The number of allylic oxidation sites excluding steroid dienone is 1. The molecule has 11 heavy (non-hydrogen) atoms. The molecule has 66 valence electrons. The Labute approximate surface area is 75.9 Å². The molecular weight excluding hydrogens is 259 g/mol. The molecule has 0 radical (unpaired) electrons. The molecule has 0 spiro atoms. The van der Waals surface area contributed by atoms with Crippen molar-refractivity contribution in [2.24, 2.45) is 0 Å². The summed E-state index contributed by atoms with van der Waals surface area (Å²) in [6, 6.07) is -0.0538. The van der Waals surface area contributed by atoms with Crippen molar-refractivity contribution in [1.82, 2.24) is 11.0 Å². The summed E-state index contributed by atoms with van der Waals surface area (Å²) in [6.45, 7) is 1.87. The summed E-state index contributed by atoms with van der Waals surface area (Å²) in [5.41, 5.74) is 5.50. The van der Waals surface area contributed by atoms with E-state index in [1.165, 1.54) is 0 Å². The van der Waals surface area contributed by atoms with Crippen molar-refractivity contribution < 1.29 is 31.6 Å². The van der Waals surface area contributed by atoms with Gasteiger partial charge in [0.05, 0.1) is 0 Å². The van der Waals surface area contributed by atoms with Gasteiger partial charge >= 0.3 is 75.7 Å². The Morgan fingerprint density at radius 3 is 3.00 bits per heavy atom. The van der Waals surface area contributed by atoms with Crippen LogP contribution >= 0.6 is 0 Å². The van der Waals surface area contributed by atoms with Crippen LogP contribution in [-0.2, 0) is 0 Å². The average Bonchev–Trinajstić information content (AvgIpc) is 2.50. The number of nitrogens with one attached hydrogen (secondary N) is 2. The Hall–Kier alpha value is 0.310. The Balaban J connectivity index is 2.55. The standard InChI is InChI=1S/C6H12IN2O2/c1-4(8-10)5-2-3-7-6(5)9-11/h2,4,6,8-11H,3H2,1H3/q-1. The molecule has 0 bridgehead atoms. The van der Waals surface area contributed by atoms with Crippen LogP contribution in [0.25, 0.3) is 0 Å². The molecule has 2 atom stereocenters. The zero-order valence-corrected chi connectivity index (χ0v) is 8.37. The van der Waals surface area contributed by atoms with Gasteiger partial charge in [0.2, 0.25) is 0 Å². The van der Waals surface area contributed by atoms with E-state index in [1.807, 2.05) is 6.92 Å². The fourth-order valence-electron chi connectivity index (χ4n) is 0.995. The van der Waals surface area contributed by atoms with Gasteiger partial charge < -0.3 is 0 Å². The van der Waals surface area contributed by atoms with Gasteiger partial charge in [0.1, 0.15) is 0 Å². The van der Waals surface area contributed by atoms with Gasteiger partial charge in [-0.3, -0.25) is 0 Å². The Kier molecular flexibility index (Phi) is 3.73. The molecule has 5 heteroatoms. The SMILES string of the molecule is CC(NO)C1=CC[I-]C1NO. The van der Waals surface area contributed by atoms with Crippen LogP contribution in [0.4, 0.5) is 0 Å². The van der Waals surface area contributed by atoms with Gasteiger partial charge in [0, 0.05) is 0 Å². The number of hydrogen-bond acceptors (Lipinski definition) is 4. The molecule has 1 rings (SSSR count). The molecule has 2 unspecified atom stereocenters. The Morgan fingerprint density at radius 2 is 2.45 bits per heavy atom. The summed E-state index contributed by atoms with van der Waals surface area (Å²) in [7, 11) is 0. The Bertz CT molecular complexity index is 163. The molecule has 1 heterocycles. The van der Waals surface area contributed by atoms with Crippen LogP contribution in [0.3, 0.4) is 0 Å². The molecule has 4 nitrogen and oxygen atoms in total. The van der Waals surface area contributed by atoms with Gasteiger partial charge in [-0.1, -0.05) is 0 Å². The Morgan fingerprint density at radius 1 is 1.73 bits per heavy atom. The van der Waals surface area contributed by atoms with Crippen molar-refractivity contribution in [2.75, 3.05) is 4.43 Å². The van der Waals surface area contributed by atoms with E-state index in [9.17, 15) is 0 Å². The van der Waals surface area contributed by atoms with Gasteiger partial charge in [-0.2, -0.15) is 0 Å². The maximum absolute atomic E-state index is 8.71. The summed E-state index contributed by atoms with van der Waals surface area (Å²) >= 11 is -0.00844. The summed E-state index contributed by atoms with van der Waals surface area (Å²) in [5.74, 6) is 0. The molecule has 0 aliphatic carbocycles. The van der Waals surface area contributed by atoms with Crippen molar-refractivity contribution in [3.63, 3.8) is 0 Å². The molecule has 0 saturated carbocycles. The van der Waals surface area contributed by atoms with E-state index in [1.54, 1.807) is 0 Å². The van der Waals surface area contributed by atoms with E-state index in [0.717, 1.165) is 10.0 Å². The number of rotatable bonds is 3. The first-order valence-electron chi connectivity index (χ1n) is 3.36.